The highest BCUT2D eigenvalue weighted by atomic mass is 19.2. The second kappa shape index (κ2) is 7.71. The summed E-state index contributed by atoms with van der Waals surface area (Å²) in [5, 5.41) is 0. The fraction of sp³-hybridized carbons (Fsp3) is 0.0909. The van der Waals surface area contributed by atoms with Crippen LogP contribution in [0.1, 0.15) is 15.9 Å². The second-order valence-electron chi connectivity index (χ2n) is 6.24. The maximum absolute atomic E-state index is 14.2. The molecule has 0 aliphatic carbocycles. The largest absolute Gasteiger partial charge is 0.486 e. The SMILES string of the molecule is COC(=O)c1ccc2oc(-c3cc(F)c(F)c(OCc4ccccc4)c3)nc2c1. The van der Waals surface area contributed by atoms with E-state index >= 15 is 0 Å². The van der Waals surface area contributed by atoms with E-state index in [1.54, 1.807) is 6.07 Å². The Bertz CT molecular complexity index is 1190. The van der Waals surface area contributed by atoms with Gasteiger partial charge in [-0.05, 0) is 35.9 Å². The maximum Gasteiger partial charge on any atom is 0.337 e. The molecule has 0 amide bonds. The maximum atomic E-state index is 14.2. The third-order valence-corrected chi connectivity index (χ3v) is 4.29. The Morgan fingerprint density at radius 2 is 1.86 bits per heavy atom. The molecule has 0 aliphatic rings. The molecule has 1 aromatic heterocycles. The molecule has 29 heavy (non-hydrogen) atoms. The van der Waals surface area contributed by atoms with Gasteiger partial charge < -0.3 is 13.9 Å². The lowest BCUT2D eigenvalue weighted by Gasteiger charge is -2.09. The molecule has 0 fully saturated rings. The van der Waals surface area contributed by atoms with Crippen molar-refractivity contribution in [2.24, 2.45) is 0 Å². The van der Waals surface area contributed by atoms with Gasteiger partial charge in [0.05, 0.1) is 12.7 Å². The Morgan fingerprint density at radius 3 is 2.62 bits per heavy atom. The van der Waals surface area contributed by atoms with Gasteiger partial charge >= 0.3 is 5.97 Å². The van der Waals surface area contributed by atoms with E-state index in [1.807, 2.05) is 30.3 Å². The summed E-state index contributed by atoms with van der Waals surface area (Å²) in [7, 11) is 1.28. The number of ether oxygens (including phenoxy) is 2. The van der Waals surface area contributed by atoms with Crippen LogP contribution in [-0.4, -0.2) is 18.1 Å². The predicted molar refractivity (Wildman–Crippen MR) is 101 cm³/mol. The van der Waals surface area contributed by atoms with Crippen LogP contribution in [0.3, 0.4) is 0 Å². The monoisotopic (exact) mass is 395 g/mol. The number of hydrogen-bond donors (Lipinski definition) is 0. The van der Waals surface area contributed by atoms with Crippen LogP contribution in [0.2, 0.25) is 0 Å². The first-order valence-corrected chi connectivity index (χ1v) is 8.70. The van der Waals surface area contributed by atoms with E-state index in [4.69, 9.17) is 9.15 Å². The van der Waals surface area contributed by atoms with Gasteiger partial charge in [0.2, 0.25) is 11.7 Å². The number of methoxy groups -OCH3 is 1. The van der Waals surface area contributed by atoms with Gasteiger partial charge in [-0.2, -0.15) is 4.39 Å². The summed E-state index contributed by atoms with van der Waals surface area (Å²) in [5.41, 5.74) is 2.11. The van der Waals surface area contributed by atoms with Crippen LogP contribution in [0.15, 0.2) is 65.1 Å². The fourth-order valence-electron chi connectivity index (χ4n) is 2.82. The molecule has 0 radical (unpaired) electrons. The molecular weight excluding hydrogens is 380 g/mol. The number of halogens is 2. The number of fused-ring (bicyclic) bond motifs is 1. The van der Waals surface area contributed by atoms with Gasteiger partial charge in [0, 0.05) is 5.56 Å². The first kappa shape index (κ1) is 18.6. The first-order chi connectivity index (χ1) is 14.0. The molecule has 4 rings (SSSR count). The van der Waals surface area contributed by atoms with Crippen LogP contribution < -0.4 is 4.74 Å². The van der Waals surface area contributed by atoms with Crippen molar-refractivity contribution in [1.82, 2.24) is 4.98 Å². The van der Waals surface area contributed by atoms with E-state index in [9.17, 15) is 13.6 Å². The molecule has 0 saturated carbocycles. The Morgan fingerprint density at radius 1 is 1.07 bits per heavy atom. The average Bonchev–Trinajstić information content (AvgIpc) is 3.18. The fourth-order valence-corrected chi connectivity index (χ4v) is 2.82. The molecule has 0 N–H and O–H groups in total. The van der Waals surface area contributed by atoms with Crippen molar-refractivity contribution in [2.45, 2.75) is 6.61 Å². The van der Waals surface area contributed by atoms with Crippen molar-refractivity contribution in [2.75, 3.05) is 7.11 Å². The van der Waals surface area contributed by atoms with Gasteiger partial charge in [-0.1, -0.05) is 30.3 Å². The van der Waals surface area contributed by atoms with Crippen LogP contribution in [0.5, 0.6) is 5.75 Å². The summed E-state index contributed by atoms with van der Waals surface area (Å²) in [6, 6.07) is 16.0. The standard InChI is InChI=1S/C22H15F2NO4/c1-27-22(26)14-7-8-18-17(10-14)25-21(29-18)15-9-16(23)20(24)19(11-15)28-12-13-5-3-2-4-6-13/h2-11H,12H2,1H3. The number of benzene rings is 3. The van der Waals surface area contributed by atoms with E-state index in [2.05, 4.69) is 9.72 Å². The number of hydrogen-bond acceptors (Lipinski definition) is 5. The molecule has 7 heteroatoms. The topological polar surface area (TPSA) is 61.6 Å². The highest BCUT2D eigenvalue weighted by Crippen LogP contribution is 2.31. The van der Waals surface area contributed by atoms with Crippen LogP contribution in [-0.2, 0) is 11.3 Å². The highest BCUT2D eigenvalue weighted by Gasteiger charge is 2.17. The molecule has 5 nitrogen and oxygen atoms in total. The number of carbonyl (C=O) groups is 1. The number of nitrogens with zero attached hydrogens (tertiary/aromatic N) is 1. The molecule has 0 bridgehead atoms. The zero-order valence-corrected chi connectivity index (χ0v) is 15.3. The Hall–Kier alpha value is -3.74. The van der Waals surface area contributed by atoms with Crippen molar-refractivity contribution in [3.8, 4) is 17.2 Å². The molecule has 1 heterocycles. The summed E-state index contributed by atoms with van der Waals surface area (Å²) in [4.78, 5) is 15.9. The lowest BCUT2D eigenvalue weighted by Crippen LogP contribution is -2.00. The Kier molecular flexibility index (Phi) is 4.95. The average molecular weight is 395 g/mol. The minimum Gasteiger partial charge on any atom is -0.486 e. The van der Waals surface area contributed by atoms with Crippen LogP contribution in [0.4, 0.5) is 8.78 Å². The van der Waals surface area contributed by atoms with Crippen LogP contribution in [0, 0.1) is 11.6 Å². The third kappa shape index (κ3) is 3.80. The number of rotatable bonds is 5. The number of carbonyl (C=O) groups excluding carboxylic acids is 1. The molecule has 146 valence electrons. The smallest absolute Gasteiger partial charge is 0.337 e. The quantitative estimate of drug-likeness (QED) is 0.438. The molecule has 0 aliphatic heterocycles. The lowest BCUT2D eigenvalue weighted by molar-refractivity contribution is 0.0601. The van der Waals surface area contributed by atoms with Crippen molar-refractivity contribution < 1.29 is 27.5 Å². The minimum absolute atomic E-state index is 0.0745. The summed E-state index contributed by atoms with van der Waals surface area (Å²) in [5.74, 6) is -2.86. The van der Waals surface area contributed by atoms with Gasteiger partial charge in [-0.3, -0.25) is 0 Å². The van der Waals surface area contributed by atoms with Crippen molar-refractivity contribution >= 4 is 17.1 Å². The Balaban J connectivity index is 1.67. The van der Waals surface area contributed by atoms with E-state index in [0.29, 0.717) is 16.7 Å². The summed E-state index contributed by atoms with van der Waals surface area (Å²) in [6.45, 7) is 0.0801. The van der Waals surface area contributed by atoms with E-state index in [0.717, 1.165) is 11.6 Å². The van der Waals surface area contributed by atoms with E-state index in [-0.39, 0.29) is 23.8 Å². The van der Waals surface area contributed by atoms with Crippen LogP contribution >= 0.6 is 0 Å². The molecular formula is C22H15F2NO4. The zero-order chi connectivity index (χ0) is 20.4. The predicted octanol–water partition coefficient (Wildman–Crippen LogP) is 5.14. The highest BCUT2D eigenvalue weighted by molar-refractivity contribution is 5.93. The number of esters is 1. The molecule has 0 unspecified atom stereocenters. The van der Waals surface area contributed by atoms with Gasteiger partial charge in [-0.15, -0.1) is 0 Å². The van der Waals surface area contributed by atoms with E-state index in [1.165, 1.54) is 25.3 Å². The van der Waals surface area contributed by atoms with Gasteiger partial charge in [0.25, 0.3) is 0 Å². The summed E-state index contributed by atoms with van der Waals surface area (Å²) >= 11 is 0. The molecule has 0 saturated heterocycles. The van der Waals surface area contributed by atoms with E-state index < -0.39 is 17.6 Å². The third-order valence-electron chi connectivity index (χ3n) is 4.29. The normalized spacial score (nSPS) is 10.9. The van der Waals surface area contributed by atoms with Crippen molar-refractivity contribution in [1.29, 1.82) is 0 Å². The van der Waals surface area contributed by atoms with Crippen LogP contribution in [0.25, 0.3) is 22.6 Å². The number of aromatic nitrogens is 1. The van der Waals surface area contributed by atoms with Gasteiger partial charge in [0.1, 0.15) is 12.1 Å². The second-order valence-corrected chi connectivity index (χ2v) is 6.24. The minimum atomic E-state index is -1.09. The molecule has 3 aromatic carbocycles. The molecule has 0 spiro atoms. The summed E-state index contributed by atoms with van der Waals surface area (Å²) in [6.07, 6.45) is 0. The van der Waals surface area contributed by atoms with Crippen molar-refractivity contribution in [3.63, 3.8) is 0 Å². The van der Waals surface area contributed by atoms with Gasteiger partial charge in [-0.25, -0.2) is 14.2 Å². The van der Waals surface area contributed by atoms with Gasteiger partial charge in [0.15, 0.2) is 17.1 Å². The first-order valence-electron chi connectivity index (χ1n) is 8.70. The summed E-state index contributed by atoms with van der Waals surface area (Å²) < 4.78 is 44.1. The lowest BCUT2D eigenvalue weighted by atomic mass is 10.2. The Labute approximate surface area is 164 Å². The molecule has 4 aromatic rings. The molecule has 0 atom stereocenters. The zero-order valence-electron chi connectivity index (χ0n) is 15.3. The van der Waals surface area contributed by atoms with Crippen molar-refractivity contribution in [3.05, 3.63) is 83.4 Å². The number of oxazole rings is 1.